The molecule has 0 heterocycles. The van der Waals surface area contributed by atoms with Crippen LogP contribution >= 0.6 is 0 Å². The molecule has 0 fully saturated rings. The van der Waals surface area contributed by atoms with Gasteiger partial charge in [-0.1, -0.05) is 12.1 Å². The molecule has 0 saturated carbocycles. The lowest BCUT2D eigenvalue weighted by Gasteiger charge is -2.10. The first kappa shape index (κ1) is 13.9. The van der Waals surface area contributed by atoms with E-state index in [-0.39, 0.29) is 11.1 Å². The van der Waals surface area contributed by atoms with Crippen LogP contribution in [0.3, 0.4) is 0 Å². The Balaban J connectivity index is 3.20. The summed E-state index contributed by atoms with van der Waals surface area (Å²) >= 11 is 0. The number of hydrogen-bond acceptors (Lipinski definition) is 4. The Kier molecular flexibility index (Phi) is 4.59. The van der Waals surface area contributed by atoms with Crippen molar-refractivity contribution in [3.63, 3.8) is 0 Å². The molecular formula is C13H14FNO3. The number of halogens is 1. The molecule has 0 radical (unpaired) electrons. The number of ether oxygens (including phenoxy) is 1. The van der Waals surface area contributed by atoms with Crippen molar-refractivity contribution in [1.82, 2.24) is 4.90 Å². The average Bonchev–Trinajstić information content (AvgIpc) is 2.34. The summed E-state index contributed by atoms with van der Waals surface area (Å²) < 4.78 is 18.0. The molecule has 1 aromatic carbocycles. The van der Waals surface area contributed by atoms with Crippen molar-refractivity contribution in [2.24, 2.45) is 0 Å². The molecule has 0 unspecified atom stereocenters. The van der Waals surface area contributed by atoms with Crippen molar-refractivity contribution in [2.45, 2.75) is 0 Å². The van der Waals surface area contributed by atoms with E-state index in [1.807, 2.05) is 0 Å². The number of benzene rings is 1. The summed E-state index contributed by atoms with van der Waals surface area (Å²) in [5, 5.41) is 0. The molecule has 0 aromatic heterocycles. The number of ketones is 1. The molecule has 0 aliphatic carbocycles. The first-order chi connectivity index (χ1) is 8.47. The Bertz CT molecular complexity index is 495. The van der Waals surface area contributed by atoms with Crippen molar-refractivity contribution in [1.29, 1.82) is 0 Å². The summed E-state index contributed by atoms with van der Waals surface area (Å²) in [6.07, 6.45) is 1.31. The Morgan fingerprint density at radius 3 is 2.39 bits per heavy atom. The van der Waals surface area contributed by atoms with Crippen molar-refractivity contribution in [3.8, 4) is 0 Å². The predicted molar refractivity (Wildman–Crippen MR) is 64.5 cm³/mol. The average molecular weight is 251 g/mol. The molecular weight excluding hydrogens is 237 g/mol. The highest BCUT2D eigenvalue weighted by Gasteiger charge is 2.23. The molecule has 0 atom stereocenters. The Morgan fingerprint density at radius 1 is 1.28 bits per heavy atom. The second kappa shape index (κ2) is 5.95. The van der Waals surface area contributed by atoms with E-state index >= 15 is 0 Å². The third-order valence-corrected chi connectivity index (χ3v) is 2.16. The highest BCUT2D eigenvalue weighted by atomic mass is 19.1. The second-order valence-electron chi connectivity index (χ2n) is 3.81. The van der Waals surface area contributed by atoms with Gasteiger partial charge in [-0.05, 0) is 12.1 Å². The lowest BCUT2D eigenvalue weighted by atomic mass is 10.0. The standard InChI is InChI=1S/C13H14FNO3/c1-15(2)8-10(13(17)18-3)12(16)9-6-4-5-7-11(9)14/h4-8H,1-3H3/b10-8-. The number of rotatable bonds is 4. The van der Waals surface area contributed by atoms with Gasteiger partial charge in [-0.3, -0.25) is 4.79 Å². The van der Waals surface area contributed by atoms with Crippen LogP contribution in [0.1, 0.15) is 10.4 Å². The minimum atomic E-state index is -0.794. The van der Waals surface area contributed by atoms with E-state index in [9.17, 15) is 14.0 Å². The number of esters is 1. The number of hydrogen-bond donors (Lipinski definition) is 0. The molecule has 1 rings (SSSR count). The fourth-order valence-corrected chi connectivity index (χ4v) is 1.36. The van der Waals surface area contributed by atoms with Crippen LogP contribution in [0.5, 0.6) is 0 Å². The SMILES string of the molecule is COC(=O)/C(=C\N(C)C)C(=O)c1ccccc1F. The lowest BCUT2D eigenvalue weighted by molar-refractivity contribution is -0.135. The van der Waals surface area contributed by atoms with Crippen LogP contribution in [0.4, 0.5) is 4.39 Å². The molecule has 4 nitrogen and oxygen atoms in total. The van der Waals surface area contributed by atoms with E-state index in [2.05, 4.69) is 4.74 Å². The molecule has 5 heteroatoms. The van der Waals surface area contributed by atoms with Crippen LogP contribution < -0.4 is 0 Å². The van der Waals surface area contributed by atoms with Crippen LogP contribution in [-0.2, 0) is 9.53 Å². The first-order valence-electron chi connectivity index (χ1n) is 5.23. The maximum Gasteiger partial charge on any atom is 0.343 e. The monoisotopic (exact) mass is 251 g/mol. The van der Waals surface area contributed by atoms with Crippen LogP contribution in [-0.4, -0.2) is 37.9 Å². The predicted octanol–water partition coefficient (Wildman–Crippen LogP) is 1.63. The molecule has 96 valence electrons. The third-order valence-electron chi connectivity index (χ3n) is 2.16. The highest BCUT2D eigenvalue weighted by Crippen LogP contribution is 2.14. The minimum Gasteiger partial charge on any atom is -0.465 e. The Labute approximate surface area is 105 Å². The van der Waals surface area contributed by atoms with Crippen molar-refractivity contribution >= 4 is 11.8 Å². The molecule has 0 N–H and O–H groups in total. The van der Waals surface area contributed by atoms with E-state index in [0.29, 0.717) is 0 Å². The lowest BCUT2D eigenvalue weighted by Crippen LogP contribution is -2.19. The van der Waals surface area contributed by atoms with Gasteiger partial charge in [0.25, 0.3) is 0 Å². The van der Waals surface area contributed by atoms with E-state index in [4.69, 9.17) is 0 Å². The van der Waals surface area contributed by atoms with Gasteiger partial charge in [0, 0.05) is 20.3 Å². The van der Waals surface area contributed by atoms with Crippen LogP contribution in [0.25, 0.3) is 0 Å². The molecule has 0 aliphatic heterocycles. The number of Topliss-reactive ketones (excluding diaryl/α,β-unsaturated/α-hetero) is 1. The molecule has 0 spiro atoms. The fourth-order valence-electron chi connectivity index (χ4n) is 1.36. The summed E-state index contributed by atoms with van der Waals surface area (Å²) in [5.74, 6) is -2.17. The molecule has 0 aliphatic rings. The number of carbonyl (C=O) groups excluding carboxylic acids is 2. The van der Waals surface area contributed by atoms with Gasteiger partial charge in [-0.15, -0.1) is 0 Å². The van der Waals surface area contributed by atoms with Gasteiger partial charge < -0.3 is 9.64 Å². The number of carbonyl (C=O) groups is 2. The van der Waals surface area contributed by atoms with Crippen LogP contribution in [0.15, 0.2) is 36.0 Å². The molecule has 0 bridgehead atoms. The van der Waals surface area contributed by atoms with Crippen LogP contribution in [0, 0.1) is 5.82 Å². The summed E-state index contributed by atoms with van der Waals surface area (Å²) in [6, 6.07) is 5.49. The fraction of sp³-hybridized carbons (Fsp3) is 0.231. The van der Waals surface area contributed by atoms with Crippen molar-refractivity contribution < 1.29 is 18.7 Å². The topological polar surface area (TPSA) is 46.6 Å². The Morgan fingerprint density at radius 2 is 1.89 bits per heavy atom. The second-order valence-corrected chi connectivity index (χ2v) is 3.81. The van der Waals surface area contributed by atoms with Gasteiger partial charge in [-0.25, -0.2) is 9.18 Å². The number of methoxy groups -OCH3 is 1. The largest absolute Gasteiger partial charge is 0.465 e. The minimum absolute atomic E-state index is 0.156. The van der Waals surface area contributed by atoms with E-state index in [1.165, 1.54) is 36.4 Å². The Hall–Kier alpha value is -2.17. The maximum absolute atomic E-state index is 13.5. The summed E-state index contributed by atoms with van der Waals surface area (Å²) in [4.78, 5) is 25.1. The van der Waals surface area contributed by atoms with Gasteiger partial charge in [0.2, 0.25) is 5.78 Å². The zero-order valence-corrected chi connectivity index (χ0v) is 10.4. The van der Waals surface area contributed by atoms with Crippen molar-refractivity contribution in [3.05, 3.63) is 47.4 Å². The molecule has 0 saturated heterocycles. The van der Waals surface area contributed by atoms with Gasteiger partial charge in [0.05, 0.1) is 12.7 Å². The van der Waals surface area contributed by atoms with Gasteiger partial charge in [-0.2, -0.15) is 0 Å². The highest BCUT2D eigenvalue weighted by molar-refractivity contribution is 6.24. The molecule has 0 amide bonds. The van der Waals surface area contributed by atoms with Gasteiger partial charge in [0.1, 0.15) is 11.4 Å². The van der Waals surface area contributed by atoms with Crippen molar-refractivity contribution in [2.75, 3.05) is 21.2 Å². The van der Waals surface area contributed by atoms with E-state index in [1.54, 1.807) is 14.1 Å². The van der Waals surface area contributed by atoms with Gasteiger partial charge >= 0.3 is 5.97 Å². The van der Waals surface area contributed by atoms with E-state index in [0.717, 1.165) is 6.07 Å². The summed E-state index contributed by atoms with van der Waals surface area (Å²) in [6.45, 7) is 0. The first-order valence-corrected chi connectivity index (χ1v) is 5.23. The zero-order valence-electron chi connectivity index (χ0n) is 10.4. The summed E-state index contributed by atoms with van der Waals surface area (Å²) in [7, 11) is 4.47. The zero-order chi connectivity index (χ0) is 13.7. The smallest absolute Gasteiger partial charge is 0.343 e. The van der Waals surface area contributed by atoms with Gasteiger partial charge in [0.15, 0.2) is 0 Å². The normalized spacial score (nSPS) is 11.0. The number of nitrogens with zero attached hydrogens (tertiary/aromatic N) is 1. The summed E-state index contributed by atoms with van der Waals surface area (Å²) in [5.41, 5.74) is -0.372. The van der Waals surface area contributed by atoms with E-state index < -0.39 is 17.6 Å². The molecule has 18 heavy (non-hydrogen) atoms. The quantitative estimate of drug-likeness (QED) is 0.268. The molecule has 1 aromatic rings. The third kappa shape index (κ3) is 3.16. The van der Waals surface area contributed by atoms with Crippen LogP contribution in [0.2, 0.25) is 0 Å². The maximum atomic E-state index is 13.5.